The number of hydrogen-bond donors (Lipinski definition) is 2. The summed E-state index contributed by atoms with van der Waals surface area (Å²) in [5.41, 5.74) is 8.52. The van der Waals surface area contributed by atoms with Crippen LogP contribution in [0.5, 0.6) is 5.88 Å². The summed E-state index contributed by atoms with van der Waals surface area (Å²) in [7, 11) is 1.58. The quantitative estimate of drug-likeness (QED) is 0.906. The first kappa shape index (κ1) is 14.4. The minimum atomic E-state index is -0.392. The molecule has 0 saturated carbocycles. The number of hydrogen-bond acceptors (Lipinski definition) is 5. The average Bonchev–Trinajstić information content (AvgIpc) is 2.88. The first-order valence-corrected chi connectivity index (χ1v) is 6.92. The maximum Gasteiger partial charge on any atom is 0.244 e. The molecule has 1 atom stereocenters. The average molecular weight is 317 g/mol. The van der Waals surface area contributed by atoms with Gasteiger partial charge in [0.1, 0.15) is 11.6 Å². The fraction of sp³-hybridized carbons (Fsp3) is 0.200. The Morgan fingerprint density at radius 2 is 2.36 bits per heavy atom. The fourth-order valence-electron chi connectivity index (χ4n) is 2.58. The van der Waals surface area contributed by atoms with Crippen LogP contribution in [0.1, 0.15) is 22.7 Å². The molecule has 7 heteroatoms. The zero-order valence-electron chi connectivity index (χ0n) is 11.8. The molecule has 3 N–H and O–H groups in total. The normalized spacial score (nSPS) is 16.9. The maximum atomic E-state index is 9.48. The highest BCUT2D eigenvalue weighted by Crippen LogP contribution is 2.43. The van der Waals surface area contributed by atoms with Crippen LogP contribution in [0.3, 0.4) is 0 Å². The van der Waals surface area contributed by atoms with Crippen molar-refractivity contribution >= 4 is 11.6 Å². The molecule has 1 aromatic heterocycles. The number of aromatic amines is 1. The molecule has 1 aromatic carbocycles. The number of ether oxygens (including phenoxy) is 2. The third kappa shape index (κ3) is 2.30. The van der Waals surface area contributed by atoms with Gasteiger partial charge < -0.3 is 15.2 Å². The maximum absolute atomic E-state index is 9.48. The molecule has 0 aliphatic carbocycles. The van der Waals surface area contributed by atoms with Gasteiger partial charge in [-0.05, 0) is 17.7 Å². The van der Waals surface area contributed by atoms with Crippen LogP contribution in [-0.4, -0.2) is 17.3 Å². The molecule has 0 saturated heterocycles. The SMILES string of the molecule is COCc1[nH]nc2c1C(c1cccc(Cl)c1)C(C#N)=C(N)O2. The van der Waals surface area contributed by atoms with Crippen LogP contribution in [0.15, 0.2) is 35.7 Å². The lowest BCUT2D eigenvalue weighted by atomic mass is 9.84. The number of aromatic nitrogens is 2. The molecule has 0 radical (unpaired) electrons. The number of rotatable bonds is 3. The van der Waals surface area contributed by atoms with Gasteiger partial charge in [0, 0.05) is 12.1 Å². The van der Waals surface area contributed by atoms with Crippen molar-refractivity contribution in [1.29, 1.82) is 5.26 Å². The predicted octanol–water partition coefficient (Wildman–Crippen LogP) is 2.43. The highest BCUT2D eigenvalue weighted by molar-refractivity contribution is 6.30. The second-order valence-corrected chi connectivity index (χ2v) is 5.27. The summed E-state index contributed by atoms with van der Waals surface area (Å²) in [6, 6.07) is 9.42. The highest BCUT2D eigenvalue weighted by atomic mass is 35.5. The van der Waals surface area contributed by atoms with Gasteiger partial charge in [-0.15, -0.1) is 5.10 Å². The van der Waals surface area contributed by atoms with Crippen LogP contribution in [0, 0.1) is 11.3 Å². The molecule has 22 heavy (non-hydrogen) atoms. The van der Waals surface area contributed by atoms with Crippen LogP contribution in [0.2, 0.25) is 5.02 Å². The van der Waals surface area contributed by atoms with Crippen LogP contribution in [0.4, 0.5) is 0 Å². The molecule has 0 spiro atoms. The Bertz CT molecular complexity index is 791. The second-order valence-electron chi connectivity index (χ2n) is 4.83. The molecule has 3 rings (SSSR count). The molecule has 0 bridgehead atoms. The van der Waals surface area contributed by atoms with Crippen molar-refractivity contribution in [2.45, 2.75) is 12.5 Å². The Labute approximate surface area is 132 Å². The Hall–Kier alpha value is -2.49. The van der Waals surface area contributed by atoms with Crippen molar-refractivity contribution in [3.8, 4) is 11.9 Å². The minimum Gasteiger partial charge on any atom is -0.420 e. The van der Waals surface area contributed by atoms with E-state index in [2.05, 4.69) is 16.3 Å². The van der Waals surface area contributed by atoms with E-state index in [0.29, 0.717) is 23.1 Å². The van der Waals surface area contributed by atoms with E-state index in [1.54, 1.807) is 19.2 Å². The third-order valence-electron chi connectivity index (χ3n) is 3.49. The van der Waals surface area contributed by atoms with E-state index in [4.69, 9.17) is 26.8 Å². The summed E-state index contributed by atoms with van der Waals surface area (Å²) in [5.74, 6) is 0.0142. The van der Waals surface area contributed by atoms with Gasteiger partial charge in [-0.2, -0.15) is 5.26 Å². The molecule has 112 valence electrons. The van der Waals surface area contributed by atoms with Gasteiger partial charge in [-0.3, -0.25) is 5.10 Å². The number of allylic oxidation sites excluding steroid dienone is 1. The van der Waals surface area contributed by atoms with Gasteiger partial charge in [-0.25, -0.2) is 0 Å². The van der Waals surface area contributed by atoms with Gasteiger partial charge in [0.05, 0.1) is 23.8 Å². The third-order valence-corrected chi connectivity index (χ3v) is 3.72. The standard InChI is InChI=1S/C15H13ClN4O2/c1-21-7-11-13-12(8-3-2-4-9(16)5-8)10(6-17)14(18)22-15(13)20-19-11/h2-5,12H,7,18H2,1H3,(H,19,20). The van der Waals surface area contributed by atoms with Gasteiger partial charge in [0.2, 0.25) is 11.8 Å². The lowest BCUT2D eigenvalue weighted by molar-refractivity contribution is 0.180. The number of H-pyrrole nitrogens is 1. The summed E-state index contributed by atoms with van der Waals surface area (Å²) in [6.45, 7) is 0.321. The molecule has 1 unspecified atom stereocenters. The number of nitrogens with one attached hydrogen (secondary N) is 1. The van der Waals surface area contributed by atoms with Gasteiger partial charge in [0.25, 0.3) is 0 Å². The second kappa shape index (κ2) is 5.72. The molecule has 1 aliphatic heterocycles. The van der Waals surface area contributed by atoms with Crippen molar-refractivity contribution in [3.05, 3.63) is 57.6 Å². The molecular weight excluding hydrogens is 304 g/mol. The molecule has 0 amide bonds. The summed E-state index contributed by atoms with van der Waals surface area (Å²) in [4.78, 5) is 0. The summed E-state index contributed by atoms with van der Waals surface area (Å²) in [6.07, 6.45) is 0. The Morgan fingerprint density at radius 3 is 3.05 bits per heavy atom. The van der Waals surface area contributed by atoms with Crippen molar-refractivity contribution in [2.24, 2.45) is 5.73 Å². The van der Waals surface area contributed by atoms with Gasteiger partial charge in [0.15, 0.2) is 0 Å². The largest absolute Gasteiger partial charge is 0.420 e. The number of nitrogens with zero attached hydrogens (tertiary/aromatic N) is 2. The smallest absolute Gasteiger partial charge is 0.244 e. The first-order chi connectivity index (χ1) is 10.7. The van der Waals surface area contributed by atoms with Gasteiger partial charge >= 0.3 is 0 Å². The monoisotopic (exact) mass is 316 g/mol. The molecule has 0 fully saturated rings. The van der Waals surface area contributed by atoms with E-state index in [-0.39, 0.29) is 5.88 Å². The zero-order valence-corrected chi connectivity index (χ0v) is 12.5. The lowest BCUT2D eigenvalue weighted by Gasteiger charge is -2.24. The van der Waals surface area contributed by atoms with E-state index in [1.165, 1.54) is 0 Å². The number of methoxy groups -OCH3 is 1. The van der Waals surface area contributed by atoms with Crippen LogP contribution in [-0.2, 0) is 11.3 Å². The Balaban J connectivity index is 2.21. The zero-order chi connectivity index (χ0) is 15.7. The number of nitriles is 1. The molecule has 2 heterocycles. The van der Waals surface area contributed by atoms with Crippen LogP contribution < -0.4 is 10.5 Å². The highest BCUT2D eigenvalue weighted by Gasteiger charge is 2.35. The van der Waals surface area contributed by atoms with E-state index in [0.717, 1.165) is 16.8 Å². The van der Waals surface area contributed by atoms with Gasteiger partial charge in [-0.1, -0.05) is 23.7 Å². The van der Waals surface area contributed by atoms with Crippen molar-refractivity contribution in [3.63, 3.8) is 0 Å². The first-order valence-electron chi connectivity index (χ1n) is 6.54. The summed E-state index contributed by atoms with van der Waals surface area (Å²) in [5, 5.41) is 17.0. The number of fused-ring (bicyclic) bond motifs is 1. The fourth-order valence-corrected chi connectivity index (χ4v) is 2.78. The molecule has 2 aromatic rings. The number of nitrogens with two attached hydrogens (primary N) is 1. The van der Waals surface area contributed by atoms with E-state index in [1.807, 2.05) is 12.1 Å². The van der Waals surface area contributed by atoms with Crippen LogP contribution in [0.25, 0.3) is 0 Å². The molecular formula is C15H13ClN4O2. The Morgan fingerprint density at radius 1 is 1.55 bits per heavy atom. The van der Waals surface area contributed by atoms with E-state index in [9.17, 15) is 5.26 Å². The topological polar surface area (TPSA) is 97.0 Å². The lowest BCUT2D eigenvalue weighted by Crippen LogP contribution is -2.21. The predicted molar refractivity (Wildman–Crippen MR) is 80.1 cm³/mol. The van der Waals surface area contributed by atoms with Crippen molar-refractivity contribution < 1.29 is 9.47 Å². The van der Waals surface area contributed by atoms with Crippen molar-refractivity contribution in [1.82, 2.24) is 10.2 Å². The van der Waals surface area contributed by atoms with E-state index >= 15 is 0 Å². The summed E-state index contributed by atoms with van der Waals surface area (Å²) >= 11 is 6.08. The minimum absolute atomic E-state index is 0.0513. The Kier molecular flexibility index (Phi) is 3.75. The summed E-state index contributed by atoms with van der Waals surface area (Å²) < 4.78 is 10.6. The molecule has 1 aliphatic rings. The van der Waals surface area contributed by atoms with Crippen molar-refractivity contribution in [2.75, 3.05) is 7.11 Å². The van der Waals surface area contributed by atoms with Crippen LogP contribution >= 0.6 is 11.6 Å². The molecule has 6 nitrogen and oxygen atoms in total. The van der Waals surface area contributed by atoms with E-state index < -0.39 is 5.92 Å². The number of halogens is 1. The number of benzene rings is 1.